The SMILES string of the molecule is COc1ccc(-c2ccccc2OC)cn1. The van der Waals surface area contributed by atoms with E-state index in [9.17, 15) is 0 Å². The van der Waals surface area contributed by atoms with Gasteiger partial charge in [0.15, 0.2) is 0 Å². The number of methoxy groups -OCH3 is 2. The van der Waals surface area contributed by atoms with Gasteiger partial charge < -0.3 is 9.47 Å². The number of para-hydroxylation sites is 1. The first kappa shape index (κ1) is 10.5. The molecule has 0 spiro atoms. The minimum atomic E-state index is 0.610. The Morgan fingerprint density at radius 3 is 2.38 bits per heavy atom. The van der Waals surface area contributed by atoms with Crippen LogP contribution in [0.5, 0.6) is 11.6 Å². The van der Waals surface area contributed by atoms with Gasteiger partial charge in [0.25, 0.3) is 0 Å². The summed E-state index contributed by atoms with van der Waals surface area (Å²) in [6.45, 7) is 0. The summed E-state index contributed by atoms with van der Waals surface area (Å²) in [5.41, 5.74) is 2.04. The van der Waals surface area contributed by atoms with Crippen molar-refractivity contribution in [2.75, 3.05) is 14.2 Å². The first-order valence-corrected chi connectivity index (χ1v) is 4.98. The summed E-state index contributed by atoms with van der Waals surface area (Å²) in [5.74, 6) is 1.45. The minimum absolute atomic E-state index is 0.610. The van der Waals surface area contributed by atoms with Crippen LogP contribution in [0.25, 0.3) is 11.1 Å². The number of rotatable bonds is 3. The molecule has 0 unspecified atom stereocenters. The standard InChI is InChI=1S/C13H13NO2/c1-15-12-6-4-3-5-11(12)10-7-8-13(16-2)14-9-10/h3-9H,1-2H3. The molecule has 2 rings (SSSR count). The van der Waals surface area contributed by atoms with Gasteiger partial charge in [-0.15, -0.1) is 0 Å². The Hall–Kier alpha value is -2.03. The number of benzene rings is 1. The Kier molecular flexibility index (Phi) is 3.05. The first-order chi connectivity index (χ1) is 7.85. The Labute approximate surface area is 94.7 Å². The Morgan fingerprint density at radius 2 is 1.75 bits per heavy atom. The van der Waals surface area contributed by atoms with Crippen molar-refractivity contribution in [1.29, 1.82) is 0 Å². The van der Waals surface area contributed by atoms with E-state index in [4.69, 9.17) is 9.47 Å². The Morgan fingerprint density at radius 1 is 0.938 bits per heavy atom. The molecule has 3 heteroatoms. The summed E-state index contributed by atoms with van der Waals surface area (Å²) in [7, 11) is 3.26. The van der Waals surface area contributed by atoms with Crippen molar-refractivity contribution < 1.29 is 9.47 Å². The van der Waals surface area contributed by atoms with E-state index >= 15 is 0 Å². The molecule has 0 amide bonds. The van der Waals surface area contributed by atoms with E-state index in [1.807, 2.05) is 36.4 Å². The molecule has 1 aromatic heterocycles. The predicted molar refractivity (Wildman–Crippen MR) is 62.8 cm³/mol. The molecule has 1 heterocycles. The van der Waals surface area contributed by atoms with Crippen molar-refractivity contribution >= 4 is 0 Å². The molecule has 0 N–H and O–H groups in total. The fourth-order valence-corrected chi connectivity index (χ4v) is 1.54. The monoisotopic (exact) mass is 215 g/mol. The third kappa shape index (κ3) is 1.98. The molecule has 0 aliphatic rings. The van der Waals surface area contributed by atoms with Gasteiger partial charge in [0.05, 0.1) is 14.2 Å². The summed E-state index contributed by atoms with van der Waals surface area (Å²) >= 11 is 0. The zero-order chi connectivity index (χ0) is 11.4. The Balaban J connectivity index is 2.42. The lowest BCUT2D eigenvalue weighted by molar-refractivity contribution is 0.398. The summed E-state index contributed by atoms with van der Waals surface area (Å²) in [6, 6.07) is 11.6. The fourth-order valence-electron chi connectivity index (χ4n) is 1.54. The van der Waals surface area contributed by atoms with Crippen LogP contribution in [0.3, 0.4) is 0 Å². The molecule has 0 bridgehead atoms. The summed E-state index contributed by atoms with van der Waals surface area (Å²) in [5, 5.41) is 0. The summed E-state index contributed by atoms with van der Waals surface area (Å²) < 4.78 is 10.3. The molecule has 0 atom stereocenters. The maximum absolute atomic E-state index is 5.30. The second-order valence-corrected chi connectivity index (χ2v) is 3.29. The smallest absolute Gasteiger partial charge is 0.212 e. The number of hydrogen-bond donors (Lipinski definition) is 0. The molecule has 3 nitrogen and oxygen atoms in total. The quantitative estimate of drug-likeness (QED) is 0.788. The van der Waals surface area contributed by atoms with Crippen molar-refractivity contribution in [2.24, 2.45) is 0 Å². The van der Waals surface area contributed by atoms with E-state index in [1.165, 1.54) is 0 Å². The van der Waals surface area contributed by atoms with Crippen LogP contribution in [0.15, 0.2) is 42.6 Å². The summed E-state index contributed by atoms with van der Waals surface area (Å²) in [4.78, 5) is 4.17. The predicted octanol–water partition coefficient (Wildman–Crippen LogP) is 2.77. The van der Waals surface area contributed by atoms with Crippen LogP contribution in [0, 0.1) is 0 Å². The van der Waals surface area contributed by atoms with E-state index in [0.717, 1.165) is 16.9 Å². The van der Waals surface area contributed by atoms with Gasteiger partial charge in [-0.2, -0.15) is 0 Å². The van der Waals surface area contributed by atoms with E-state index in [1.54, 1.807) is 20.4 Å². The second kappa shape index (κ2) is 4.66. The topological polar surface area (TPSA) is 31.4 Å². The van der Waals surface area contributed by atoms with Crippen molar-refractivity contribution in [3.8, 4) is 22.8 Å². The number of aromatic nitrogens is 1. The number of ether oxygens (including phenoxy) is 2. The molecular weight excluding hydrogens is 202 g/mol. The highest BCUT2D eigenvalue weighted by Gasteiger charge is 2.04. The van der Waals surface area contributed by atoms with Gasteiger partial charge in [0.1, 0.15) is 5.75 Å². The van der Waals surface area contributed by atoms with Crippen LogP contribution in [-0.2, 0) is 0 Å². The average Bonchev–Trinajstić information content (AvgIpc) is 2.39. The fraction of sp³-hybridized carbons (Fsp3) is 0.154. The van der Waals surface area contributed by atoms with Gasteiger partial charge in [0.2, 0.25) is 5.88 Å². The van der Waals surface area contributed by atoms with Gasteiger partial charge in [-0.3, -0.25) is 0 Å². The molecule has 1 aromatic carbocycles. The summed E-state index contributed by atoms with van der Waals surface area (Å²) in [6.07, 6.45) is 1.77. The van der Waals surface area contributed by atoms with Gasteiger partial charge >= 0.3 is 0 Å². The van der Waals surface area contributed by atoms with Crippen LogP contribution in [-0.4, -0.2) is 19.2 Å². The molecule has 16 heavy (non-hydrogen) atoms. The molecule has 0 saturated heterocycles. The van der Waals surface area contributed by atoms with E-state index in [-0.39, 0.29) is 0 Å². The zero-order valence-electron chi connectivity index (χ0n) is 9.31. The van der Waals surface area contributed by atoms with Crippen LogP contribution in [0.2, 0.25) is 0 Å². The van der Waals surface area contributed by atoms with Crippen molar-refractivity contribution in [3.63, 3.8) is 0 Å². The molecule has 0 aliphatic heterocycles. The highest BCUT2D eigenvalue weighted by Crippen LogP contribution is 2.29. The largest absolute Gasteiger partial charge is 0.496 e. The highest BCUT2D eigenvalue weighted by molar-refractivity contribution is 5.69. The molecule has 0 radical (unpaired) electrons. The molecule has 0 saturated carbocycles. The normalized spacial score (nSPS) is 9.88. The van der Waals surface area contributed by atoms with Crippen molar-refractivity contribution in [3.05, 3.63) is 42.6 Å². The third-order valence-corrected chi connectivity index (χ3v) is 2.36. The van der Waals surface area contributed by atoms with Crippen molar-refractivity contribution in [2.45, 2.75) is 0 Å². The lowest BCUT2D eigenvalue weighted by Gasteiger charge is -2.08. The first-order valence-electron chi connectivity index (χ1n) is 4.98. The molecule has 0 aliphatic carbocycles. The number of pyridine rings is 1. The maximum atomic E-state index is 5.30. The van der Waals surface area contributed by atoms with Gasteiger partial charge in [0, 0.05) is 23.4 Å². The van der Waals surface area contributed by atoms with Gasteiger partial charge in [-0.05, 0) is 12.1 Å². The van der Waals surface area contributed by atoms with Gasteiger partial charge in [-0.1, -0.05) is 18.2 Å². The molecule has 0 fully saturated rings. The van der Waals surface area contributed by atoms with Crippen LogP contribution in [0.1, 0.15) is 0 Å². The molecular formula is C13H13NO2. The number of hydrogen-bond acceptors (Lipinski definition) is 3. The van der Waals surface area contributed by atoms with Crippen LogP contribution in [0.4, 0.5) is 0 Å². The van der Waals surface area contributed by atoms with E-state index < -0.39 is 0 Å². The van der Waals surface area contributed by atoms with Crippen molar-refractivity contribution in [1.82, 2.24) is 4.98 Å². The highest BCUT2D eigenvalue weighted by atomic mass is 16.5. The van der Waals surface area contributed by atoms with Crippen LogP contribution < -0.4 is 9.47 Å². The Bertz CT molecular complexity index is 466. The second-order valence-electron chi connectivity index (χ2n) is 3.29. The lowest BCUT2D eigenvalue weighted by atomic mass is 10.1. The van der Waals surface area contributed by atoms with E-state index in [2.05, 4.69) is 4.98 Å². The average molecular weight is 215 g/mol. The van der Waals surface area contributed by atoms with Gasteiger partial charge in [-0.25, -0.2) is 4.98 Å². The lowest BCUT2D eigenvalue weighted by Crippen LogP contribution is -1.90. The van der Waals surface area contributed by atoms with E-state index in [0.29, 0.717) is 5.88 Å². The minimum Gasteiger partial charge on any atom is -0.496 e. The molecule has 82 valence electrons. The zero-order valence-corrected chi connectivity index (χ0v) is 9.31. The number of nitrogens with zero attached hydrogens (tertiary/aromatic N) is 1. The maximum Gasteiger partial charge on any atom is 0.212 e. The molecule has 2 aromatic rings. The third-order valence-electron chi connectivity index (χ3n) is 2.36. The van der Waals surface area contributed by atoms with Crippen LogP contribution >= 0.6 is 0 Å².